The predicted octanol–water partition coefficient (Wildman–Crippen LogP) is 3.20. The molecule has 1 heterocycles. The Balaban J connectivity index is 2.06. The number of nitrogens with two attached hydrogens (primary N) is 1. The molecule has 0 bridgehead atoms. The molecule has 1 aliphatic heterocycles. The number of nitrogens with zero attached hydrogens (tertiary/aromatic N) is 1. The number of hydrogen-bond donors (Lipinski definition) is 1. The summed E-state index contributed by atoms with van der Waals surface area (Å²) in [5.74, 6) is -2.51. The molecule has 6 heteroatoms. The third-order valence-electron chi connectivity index (χ3n) is 3.93. The van der Waals surface area contributed by atoms with Crippen molar-refractivity contribution >= 4 is 17.7 Å². The maximum atomic E-state index is 12.5. The molecule has 0 radical (unpaired) electrons. The highest BCUT2D eigenvalue weighted by atomic mass is 32.2. The third kappa shape index (κ3) is 3.95. The quantitative estimate of drug-likeness (QED) is 0.872. The minimum Gasteiger partial charge on any atom is -0.338 e. The molecule has 1 amide bonds. The first-order valence-electron chi connectivity index (χ1n) is 6.89. The molecule has 1 saturated heterocycles. The van der Waals surface area contributed by atoms with Crippen LogP contribution in [0.25, 0.3) is 0 Å². The van der Waals surface area contributed by atoms with Gasteiger partial charge in [0.25, 0.3) is 11.7 Å². The van der Waals surface area contributed by atoms with Gasteiger partial charge in [-0.15, -0.1) is 0 Å². The van der Waals surface area contributed by atoms with Crippen LogP contribution in [0.2, 0.25) is 0 Å². The molecule has 1 aromatic rings. The van der Waals surface area contributed by atoms with Crippen LogP contribution in [-0.4, -0.2) is 35.7 Å². The summed E-state index contributed by atoms with van der Waals surface area (Å²) in [7, 11) is 0. The summed E-state index contributed by atoms with van der Waals surface area (Å²) in [6, 6.07) is 6.42. The molecule has 1 aromatic carbocycles. The lowest BCUT2D eigenvalue weighted by Gasteiger charge is -2.42. The monoisotopic (exact) mass is 314 g/mol. The van der Waals surface area contributed by atoms with Crippen molar-refractivity contribution in [3.63, 3.8) is 0 Å². The SMILES string of the molecule is CC1(C)CN(C(=O)c2ccc(SC(F)F)cc2)CCC1N. The number of thioether (sulfide) groups is 1. The highest BCUT2D eigenvalue weighted by Crippen LogP contribution is 2.29. The summed E-state index contributed by atoms with van der Waals surface area (Å²) in [5, 5.41) is 0. The Labute approximate surface area is 127 Å². The molecule has 0 spiro atoms. The van der Waals surface area contributed by atoms with Crippen LogP contribution in [0.3, 0.4) is 0 Å². The summed E-state index contributed by atoms with van der Waals surface area (Å²) >= 11 is 0.480. The molecule has 1 atom stereocenters. The number of hydrogen-bond acceptors (Lipinski definition) is 3. The lowest BCUT2D eigenvalue weighted by Crippen LogP contribution is -2.53. The molecule has 116 valence electrons. The van der Waals surface area contributed by atoms with Crippen LogP contribution in [0.4, 0.5) is 8.78 Å². The Morgan fingerprint density at radius 2 is 2.00 bits per heavy atom. The number of piperidine rings is 1. The molecule has 21 heavy (non-hydrogen) atoms. The molecule has 1 unspecified atom stereocenters. The van der Waals surface area contributed by atoms with Crippen molar-refractivity contribution in [3.05, 3.63) is 29.8 Å². The molecule has 0 aromatic heterocycles. The lowest BCUT2D eigenvalue weighted by molar-refractivity contribution is 0.0533. The van der Waals surface area contributed by atoms with E-state index in [2.05, 4.69) is 13.8 Å². The zero-order valence-corrected chi connectivity index (χ0v) is 13.0. The Bertz CT molecular complexity index is 505. The van der Waals surface area contributed by atoms with Crippen molar-refractivity contribution in [2.45, 2.75) is 37.0 Å². The number of alkyl halides is 2. The van der Waals surface area contributed by atoms with Gasteiger partial charge in [-0.2, -0.15) is 8.78 Å². The summed E-state index contributed by atoms with van der Waals surface area (Å²) in [4.78, 5) is 14.7. The number of amides is 1. The molecule has 0 aliphatic carbocycles. The Hall–Kier alpha value is -1.14. The van der Waals surface area contributed by atoms with Crippen LogP contribution in [0, 0.1) is 5.41 Å². The van der Waals surface area contributed by atoms with E-state index in [1.807, 2.05) is 0 Å². The summed E-state index contributed by atoms with van der Waals surface area (Å²) in [5.41, 5.74) is 6.48. The van der Waals surface area contributed by atoms with E-state index in [0.717, 1.165) is 6.42 Å². The second-order valence-corrected chi connectivity index (χ2v) is 7.08. The molecule has 3 nitrogen and oxygen atoms in total. The normalized spacial score (nSPS) is 21.6. The average molecular weight is 314 g/mol. The number of likely N-dealkylation sites (tertiary alicyclic amines) is 1. The van der Waals surface area contributed by atoms with Crippen LogP contribution in [0.5, 0.6) is 0 Å². The van der Waals surface area contributed by atoms with Gasteiger partial charge in [0.1, 0.15) is 0 Å². The molecule has 0 saturated carbocycles. The molecule has 1 fully saturated rings. The Kier molecular flexibility index (Phi) is 4.88. The standard InChI is InChI=1S/C15H20F2N2OS/c1-15(2)9-19(8-7-12(15)18)13(20)10-3-5-11(6-4-10)21-14(16)17/h3-6,12,14H,7-9,18H2,1-2H3. The number of carbonyl (C=O) groups is 1. The smallest absolute Gasteiger partial charge is 0.288 e. The average Bonchev–Trinajstić information content (AvgIpc) is 2.41. The van der Waals surface area contributed by atoms with Crippen molar-refractivity contribution < 1.29 is 13.6 Å². The van der Waals surface area contributed by atoms with Crippen molar-refractivity contribution in [3.8, 4) is 0 Å². The van der Waals surface area contributed by atoms with Crippen LogP contribution < -0.4 is 5.73 Å². The Morgan fingerprint density at radius 3 is 2.52 bits per heavy atom. The minimum atomic E-state index is -2.45. The number of carbonyl (C=O) groups excluding carboxylic acids is 1. The van der Waals surface area contributed by atoms with E-state index in [9.17, 15) is 13.6 Å². The first-order valence-corrected chi connectivity index (χ1v) is 7.77. The van der Waals surface area contributed by atoms with Gasteiger partial charge in [0.15, 0.2) is 0 Å². The first-order chi connectivity index (χ1) is 9.79. The van der Waals surface area contributed by atoms with Gasteiger partial charge in [0, 0.05) is 29.6 Å². The zero-order chi connectivity index (χ0) is 15.6. The summed E-state index contributed by atoms with van der Waals surface area (Å²) in [6.45, 7) is 5.36. The van der Waals surface area contributed by atoms with Crippen molar-refractivity contribution in [1.29, 1.82) is 0 Å². The van der Waals surface area contributed by atoms with E-state index in [4.69, 9.17) is 5.73 Å². The summed E-state index contributed by atoms with van der Waals surface area (Å²) in [6.07, 6.45) is 0.776. The fourth-order valence-corrected chi connectivity index (χ4v) is 3.01. The van der Waals surface area contributed by atoms with Gasteiger partial charge in [-0.1, -0.05) is 25.6 Å². The Morgan fingerprint density at radius 1 is 1.38 bits per heavy atom. The molecular weight excluding hydrogens is 294 g/mol. The highest BCUT2D eigenvalue weighted by Gasteiger charge is 2.35. The first kappa shape index (κ1) is 16.2. The van der Waals surface area contributed by atoms with Crippen LogP contribution >= 0.6 is 11.8 Å². The van der Waals surface area contributed by atoms with E-state index in [0.29, 0.717) is 35.3 Å². The third-order valence-corrected chi connectivity index (χ3v) is 4.65. The van der Waals surface area contributed by atoms with Gasteiger partial charge < -0.3 is 10.6 Å². The maximum Gasteiger partial charge on any atom is 0.288 e. The zero-order valence-electron chi connectivity index (χ0n) is 12.2. The largest absolute Gasteiger partial charge is 0.338 e. The van der Waals surface area contributed by atoms with Crippen LogP contribution in [0.1, 0.15) is 30.6 Å². The van der Waals surface area contributed by atoms with Gasteiger partial charge in [-0.25, -0.2) is 0 Å². The number of halogens is 2. The van der Waals surface area contributed by atoms with E-state index < -0.39 is 5.76 Å². The van der Waals surface area contributed by atoms with Crippen molar-refractivity contribution in [1.82, 2.24) is 4.90 Å². The van der Waals surface area contributed by atoms with Gasteiger partial charge >= 0.3 is 0 Å². The van der Waals surface area contributed by atoms with Crippen LogP contribution in [-0.2, 0) is 0 Å². The van der Waals surface area contributed by atoms with Gasteiger partial charge in [-0.3, -0.25) is 4.79 Å². The topological polar surface area (TPSA) is 46.3 Å². The van der Waals surface area contributed by atoms with E-state index in [1.165, 1.54) is 0 Å². The van der Waals surface area contributed by atoms with Gasteiger partial charge in [-0.05, 0) is 36.1 Å². The molecule has 2 N–H and O–H groups in total. The van der Waals surface area contributed by atoms with Gasteiger partial charge in [0.05, 0.1) is 0 Å². The fourth-order valence-electron chi connectivity index (χ4n) is 2.51. The molecule has 1 aliphatic rings. The summed E-state index contributed by atoms with van der Waals surface area (Å²) < 4.78 is 24.5. The number of rotatable bonds is 3. The number of benzene rings is 1. The van der Waals surface area contributed by atoms with Crippen molar-refractivity contribution in [2.75, 3.05) is 13.1 Å². The highest BCUT2D eigenvalue weighted by molar-refractivity contribution is 7.99. The van der Waals surface area contributed by atoms with Gasteiger partial charge in [0.2, 0.25) is 0 Å². The van der Waals surface area contributed by atoms with Crippen LogP contribution in [0.15, 0.2) is 29.2 Å². The van der Waals surface area contributed by atoms with Crippen molar-refractivity contribution in [2.24, 2.45) is 11.1 Å². The van der Waals surface area contributed by atoms with E-state index in [-0.39, 0.29) is 17.4 Å². The maximum absolute atomic E-state index is 12.5. The predicted molar refractivity (Wildman–Crippen MR) is 80.6 cm³/mol. The fraction of sp³-hybridized carbons (Fsp3) is 0.533. The minimum absolute atomic E-state index is 0.0661. The second kappa shape index (κ2) is 6.32. The van der Waals surface area contributed by atoms with E-state index in [1.54, 1.807) is 29.2 Å². The molecule has 2 rings (SSSR count). The van der Waals surface area contributed by atoms with E-state index >= 15 is 0 Å². The lowest BCUT2D eigenvalue weighted by atomic mass is 9.79. The second-order valence-electron chi connectivity index (χ2n) is 6.01. The molecular formula is C15H20F2N2OS.